The number of amides is 1. The topological polar surface area (TPSA) is 91.0 Å². The summed E-state index contributed by atoms with van der Waals surface area (Å²) in [5.41, 5.74) is 1.21. The van der Waals surface area contributed by atoms with E-state index in [1.807, 2.05) is 0 Å². The average Bonchev–Trinajstić information content (AvgIpc) is 2.97. The lowest BCUT2D eigenvalue weighted by atomic mass is 10.1. The van der Waals surface area contributed by atoms with Crippen LogP contribution >= 0.6 is 0 Å². The van der Waals surface area contributed by atoms with E-state index in [-0.39, 0.29) is 24.1 Å². The van der Waals surface area contributed by atoms with Gasteiger partial charge in [-0.1, -0.05) is 0 Å². The van der Waals surface area contributed by atoms with Crippen LogP contribution < -0.4 is 21.3 Å². The van der Waals surface area contributed by atoms with Gasteiger partial charge in [-0.25, -0.2) is 4.98 Å². The third-order valence-corrected chi connectivity index (χ3v) is 3.98. The fourth-order valence-corrected chi connectivity index (χ4v) is 2.69. The molecule has 1 amide bonds. The number of aromatic nitrogens is 2. The molecule has 0 bridgehead atoms. The summed E-state index contributed by atoms with van der Waals surface area (Å²) in [5.74, 6) is -0.327. The van der Waals surface area contributed by atoms with Crippen LogP contribution in [0.25, 0.3) is 0 Å². The Balaban J connectivity index is 1.79. The van der Waals surface area contributed by atoms with Crippen molar-refractivity contribution in [1.82, 2.24) is 15.3 Å². The first-order valence-corrected chi connectivity index (χ1v) is 8.39. The highest BCUT2D eigenvalue weighted by atomic mass is 19.4. The van der Waals surface area contributed by atoms with Crippen LogP contribution in [-0.2, 0) is 17.4 Å². The van der Waals surface area contributed by atoms with Gasteiger partial charge in [0.2, 0.25) is 11.9 Å². The maximum absolute atomic E-state index is 13.2. The normalized spacial score (nSPS) is 13.3. The molecule has 3 rings (SSSR count). The Bertz CT molecular complexity index is 840. The van der Waals surface area contributed by atoms with Crippen LogP contribution in [0.3, 0.4) is 0 Å². The molecule has 27 heavy (non-hydrogen) atoms. The molecule has 1 aliphatic rings. The van der Waals surface area contributed by atoms with Crippen molar-refractivity contribution >= 4 is 29.0 Å². The second-order valence-corrected chi connectivity index (χ2v) is 6.06. The lowest BCUT2D eigenvalue weighted by Crippen LogP contribution is -2.17. The molecule has 144 valence electrons. The molecule has 0 saturated carbocycles. The quantitative estimate of drug-likeness (QED) is 0.552. The first-order valence-electron chi connectivity index (χ1n) is 8.39. The largest absolute Gasteiger partial charge is 0.421 e. The van der Waals surface area contributed by atoms with Gasteiger partial charge in [0.15, 0.2) is 0 Å². The van der Waals surface area contributed by atoms with E-state index in [0.717, 1.165) is 17.4 Å². The Morgan fingerprint density at radius 1 is 1.26 bits per heavy atom. The Labute approximate surface area is 153 Å². The van der Waals surface area contributed by atoms with Gasteiger partial charge < -0.3 is 21.3 Å². The molecule has 2 heterocycles. The van der Waals surface area contributed by atoms with Crippen LogP contribution in [-0.4, -0.2) is 36.0 Å². The molecule has 4 N–H and O–H groups in total. The minimum Gasteiger partial charge on any atom is -0.369 e. The van der Waals surface area contributed by atoms with Crippen molar-refractivity contribution in [1.29, 1.82) is 0 Å². The smallest absolute Gasteiger partial charge is 0.369 e. The fraction of sp³-hybridized carbons (Fsp3) is 0.353. The van der Waals surface area contributed by atoms with E-state index >= 15 is 0 Å². The standard InChI is InChI=1S/C17H19F3N6O/c1-21-5-2-6-22-15-12(17(18,19)20)9-23-16(26-15)24-11-3-4-13-10(7-11)8-14(27)25-13/h3-4,7,9,21H,2,5-6,8H2,1H3,(H,25,27)(H2,22,23,24,26). The third kappa shape index (κ3) is 4.64. The van der Waals surface area contributed by atoms with Crippen LogP contribution in [0.4, 0.5) is 36.3 Å². The van der Waals surface area contributed by atoms with Crippen molar-refractivity contribution < 1.29 is 18.0 Å². The Kier molecular flexibility index (Phi) is 5.45. The average molecular weight is 380 g/mol. The van der Waals surface area contributed by atoms with Crippen molar-refractivity contribution in [2.75, 3.05) is 36.1 Å². The van der Waals surface area contributed by atoms with Gasteiger partial charge in [0.25, 0.3) is 0 Å². The minimum absolute atomic E-state index is 0.0383. The van der Waals surface area contributed by atoms with E-state index in [9.17, 15) is 18.0 Å². The van der Waals surface area contributed by atoms with Crippen molar-refractivity contribution in [2.45, 2.75) is 19.0 Å². The molecule has 0 saturated heterocycles. The van der Waals surface area contributed by atoms with E-state index < -0.39 is 11.7 Å². The van der Waals surface area contributed by atoms with Gasteiger partial charge in [0, 0.05) is 24.1 Å². The number of fused-ring (bicyclic) bond motifs is 1. The van der Waals surface area contributed by atoms with Gasteiger partial charge in [-0.05, 0) is 43.8 Å². The molecule has 1 aromatic carbocycles. The Hall–Kier alpha value is -2.88. The molecule has 0 atom stereocenters. The van der Waals surface area contributed by atoms with E-state index in [2.05, 4.69) is 31.2 Å². The minimum atomic E-state index is -4.55. The summed E-state index contributed by atoms with van der Waals surface area (Å²) >= 11 is 0. The molecule has 7 nitrogen and oxygen atoms in total. The molecule has 0 aliphatic carbocycles. The Morgan fingerprint density at radius 2 is 2.07 bits per heavy atom. The second-order valence-electron chi connectivity index (χ2n) is 6.06. The number of halogens is 3. The first-order chi connectivity index (χ1) is 12.9. The van der Waals surface area contributed by atoms with Crippen LogP contribution in [0.5, 0.6) is 0 Å². The molecule has 2 aromatic rings. The van der Waals surface area contributed by atoms with Crippen LogP contribution in [0, 0.1) is 0 Å². The van der Waals surface area contributed by atoms with Gasteiger partial charge in [-0.15, -0.1) is 0 Å². The van der Waals surface area contributed by atoms with Crippen molar-refractivity contribution in [3.05, 3.63) is 35.5 Å². The van der Waals surface area contributed by atoms with Gasteiger partial charge in [0.05, 0.1) is 6.42 Å². The zero-order valence-corrected chi connectivity index (χ0v) is 14.6. The third-order valence-electron chi connectivity index (χ3n) is 3.98. The zero-order chi connectivity index (χ0) is 19.4. The fourth-order valence-electron chi connectivity index (χ4n) is 2.69. The van der Waals surface area contributed by atoms with Gasteiger partial charge in [-0.2, -0.15) is 18.2 Å². The number of nitrogens with one attached hydrogen (secondary N) is 4. The molecule has 0 fully saturated rings. The van der Waals surface area contributed by atoms with Gasteiger partial charge in [0.1, 0.15) is 11.4 Å². The maximum atomic E-state index is 13.2. The lowest BCUT2D eigenvalue weighted by molar-refractivity contribution is -0.137. The number of benzene rings is 1. The summed E-state index contributed by atoms with van der Waals surface area (Å²) in [6.45, 7) is 1.01. The van der Waals surface area contributed by atoms with E-state index in [0.29, 0.717) is 25.2 Å². The molecule has 1 aromatic heterocycles. The van der Waals surface area contributed by atoms with Crippen molar-refractivity contribution in [2.24, 2.45) is 0 Å². The van der Waals surface area contributed by atoms with Crippen molar-refractivity contribution in [3.63, 3.8) is 0 Å². The number of carbonyl (C=O) groups excluding carboxylic acids is 1. The summed E-state index contributed by atoms with van der Waals surface area (Å²) in [6, 6.07) is 5.17. The summed E-state index contributed by atoms with van der Waals surface area (Å²) < 4.78 is 39.5. The number of carbonyl (C=O) groups is 1. The highest BCUT2D eigenvalue weighted by Crippen LogP contribution is 2.34. The predicted molar refractivity (Wildman–Crippen MR) is 96.1 cm³/mol. The van der Waals surface area contributed by atoms with E-state index in [1.165, 1.54) is 0 Å². The van der Waals surface area contributed by atoms with Crippen molar-refractivity contribution in [3.8, 4) is 0 Å². The molecule has 0 radical (unpaired) electrons. The summed E-state index contributed by atoms with van der Waals surface area (Å²) in [5, 5.41) is 11.3. The maximum Gasteiger partial charge on any atom is 0.421 e. The lowest BCUT2D eigenvalue weighted by Gasteiger charge is -2.15. The molecule has 0 unspecified atom stereocenters. The van der Waals surface area contributed by atoms with Gasteiger partial charge in [-0.3, -0.25) is 4.79 Å². The molecular formula is C17H19F3N6O. The summed E-state index contributed by atoms with van der Waals surface area (Å²) in [6.07, 6.45) is -2.89. The SMILES string of the molecule is CNCCCNc1nc(Nc2ccc3c(c2)CC(=O)N3)ncc1C(F)(F)F. The number of hydrogen-bond donors (Lipinski definition) is 4. The van der Waals surface area contributed by atoms with Crippen LogP contribution in [0.1, 0.15) is 17.5 Å². The summed E-state index contributed by atoms with van der Waals surface area (Å²) in [7, 11) is 1.77. The molecular weight excluding hydrogens is 361 g/mol. The van der Waals surface area contributed by atoms with Crippen LogP contribution in [0.2, 0.25) is 0 Å². The zero-order valence-electron chi connectivity index (χ0n) is 14.6. The highest BCUT2D eigenvalue weighted by Gasteiger charge is 2.35. The number of anilines is 4. The van der Waals surface area contributed by atoms with Crippen LogP contribution in [0.15, 0.2) is 24.4 Å². The number of nitrogens with zero attached hydrogens (tertiary/aromatic N) is 2. The molecule has 10 heteroatoms. The van der Waals surface area contributed by atoms with Gasteiger partial charge >= 0.3 is 6.18 Å². The molecule has 0 spiro atoms. The Morgan fingerprint density at radius 3 is 2.81 bits per heavy atom. The monoisotopic (exact) mass is 380 g/mol. The summed E-state index contributed by atoms with van der Waals surface area (Å²) in [4.78, 5) is 19.2. The number of hydrogen-bond acceptors (Lipinski definition) is 6. The number of alkyl halides is 3. The van der Waals surface area contributed by atoms with E-state index in [1.54, 1.807) is 25.2 Å². The highest BCUT2D eigenvalue weighted by molar-refractivity contribution is 5.99. The predicted octanol–water partition coefficient (Wildman–Crippen LogP) is 2.75. The second kappa shape index (κ2) is 7.78. The van der Waals surface area contributed by atoms with E-state index in [4.69, 9.17) is 0 Å². The number of rotatable bonds is 7. The first kappa shape index (κ1) is 18.9. The molecule has 1 aliphatic heterocycles.